The molecule has 0 unspecified atom stereocenters. The molecule has 3 aromatic rings. The SMILES string of the molecule is O=C(NCc1cc(-c2cnc(C(F)(F)F)nc2)c(Cl)cn1)[C@@H]1CCCN1S(=O)(=O)c1ccc(F)cc1. The summed E-state index contributed by atoms with van der Waals surface area (Å²) in [6.45, 7) is 0.0422. The predicted octanol–water partition coefficient (Wildman–Crippen LogP) is 3.82. The standard InChI is InChI=1S/C22H18ClF4N5O3S/c23-18-12-28-15(8-17(18)13-9-30-21(31-10-13)22(25,26)27)11-29-20(33)19-2-1-7-32(19)36(34,35)16-5-3-14(24)4-6-16/h3-6,8-10,12,19H,1-2,7,11H2,(H,29,33)/t19-/m0/s1. The number of halogens is 5. The molecule has 0 aliphatic carbocycles. The summed E-state index contributed by atoms with van der Waals surface area (Å²) >= 11 is 6.14. The first-order valence-electron chi connectivity index (χ1n) is 10.6. The molecule has 1 amide bonds. The maximum Gasteiger partial charge on any atom is 0.451 e. The highest BCUT2D eigenvalue weighted by Gasteiger charge is 2.39. The Hall–Kier alpha value is -3.16. The van der Waals surface area contributed by atoms with Crippen molar-refractivity contribution in [2.75, 3.05) is 6.54 Å². The monoisotopic (exact) mass is 543 g/mol. The van der Waals surface area contributed by atoms with Crippen molar-refractivity contribution in [2.45, 2.75) is 36.5 Å². The van der Waals surface area contributed by atoms with E-state index in [1.807, 2.05) is 0 Å². The fourth-order valence-electron chi connectivity index (χ4n) is 3.74. The van der Waals surface area contributed by atoms with Gasteiger partial charge in [0.05, 0.1) is 22.2 Å². The molecule has 14 heteroatoms. The largest absolute Gasteiger partial charge is 0.451 e. The Morgan fingerprint density at radius 3 is 2.42 bits per heavy atom. The van der Waals surface area contributed by atoms with Crippen LogP contribution in [0.4, 0.5) is 17.6 Å². The number of amides is 1. The summed E-state index contributed by atoms with van der Waals surface area (Å²) in [5.41, 5.74) is 0.856. The van der Waals surface area contributed by atoms with Gasteiger partial charge in [0, 0.05) is 36.3 Å². The molecule has 0 spiro atoms. The third-order valence-electron chi connectivity index (χ3n) is 5.50. The van der Waals surface area contributed by atoms with E-state index in [0.29, 0.717) is 24.1 Å². The predicted molar refractivity (Wildman–Crippen MR) is 120 cm³/mol. The number of aromatic nitrogens is 3. The van der Waals surface area contributed by atoms with E-state index in [4.69, 9.17) is 11.6 Å². The van der Waals surface area contributed by atoms with E-state index in [1.54, 1.807) is 0 Å². The number of rotatable bonds is 6. The molecule has 0 radical (unpaired) electrons. The van der Waals surface area contributed by atoms with E-state index < -0.39 is 39.8 Å². The van der Waals surface area contributed by atoms with Crippen LogP contribution in [-0.2, 0) is 27.5 Å². The second-order valence-electron chi connectivity index (χ2n) is 7.89. The molecule has 3 heterocycles. The number of hydrogen-bond acceptors (Lipinski definition) is 6. The smallest absolute Gasteiger partial charge is 0.349 e. The van der Waals surface area contributed by atoms with Gasteiger partial charge in [-0.05, 0) is 43.2 Å². The van der Waals surface area contributed by atoms with Crippen LogP contribution in [0.15, 0.2) is 53.8 Å². The third-order valence-corrected chi connectivity index (χ3v) is 7.72. The maximum atomic E-state index is 13.2. The van der Waals surface area contributed by atoms with Crippen LogP contribution in [0, 0.1) is 5.82 Å². The fraction of sp³-hybridized carbons (Fsp3) is 0.273. The summed E-state index contributed by atoms with van der Waals surface area (Å²) in [4.78, 5) is 23.5. The molecular weight excluding hydrogens is 526 g/mol. The number of carbonyl (C=O) groups excluding carboxylic acids is 1. The Balaban J connectivity index is 1.47. The molecule has 1 fully saturated rings. The molecule has 0 saturated carbocycles. The van der Waals surface area contributed by atoms with Crippen molar-refractivity contribution in [3.05, 3.63) is 71.3 Å². The highest BCUT2D eigenvalue weighted by atomic mass is 35.5. The molecule has 8 nitrogen and oxygen atoms in total. The van der Waals surface area contributed by atoms with Crippen LogP contribution in [0.2, 0.25) is 5.02 Å². The van der Waals surface area contributed by atoms with Crippen LogP contribution in [0.3, 0.4) is 0 Å². The Bertz CT molecular complexity index is 1370. The van der Waals surface area contributed by atoms with Crippen LogP contribution in [-0.4, -0.2) is 46.2 Å². The van der Waals surface area contributed by atoms with Crippen LogP contribution >= 0.6 is 11.6 Å². The minimum atomic E-state index is -4.69. The number of carbonyl (C=O) groups is 1. The summed E-state index contributed by atoms with van der Waals surface area (Å²) in [5.74, 6) is -2.42. The van der Waals surface area contributed by atoms with Gasteiger partial charge in [-0.15, -0.1) is 0 Å². The van der Waals surface area contributed by atoms with Crippen molar-refractivity contribution in [2.24, 2.45) is 0 Å². The van der Waals surface area contributed by atoms with Crippen molar-refractivity contribution in [1.82, 2.24) is 24.6 Å². The second kappa shape index (κ2) is 10.1. The van der Waals surface area contributed by atoms with Gasteiger partial charge in [0.15, 0.2) is 0 Å². The number of pyridine rings is 1. The number of hydrogen-bond donors (Lipinski definition) is 1. The molecule has 1 aliphatic rings. The Morgan fingerprint density at radius 2 is 1.78 bits per heavy atom. The van der Waals surface area contributed by atoms with Crippen molar-refractivity contribution >= 4 is 27.5 Å². The topological polar surface area (TPSA) is 105 Å². The summed E-state index contributed by atoms with van der Waals surface area (Å²) in [5, 5.41) is 2.78. The molecule has 1 aliphatic heterocycles. The molecule has 1 saturated heterocycles. The van der Waals surface area contributed by atoms with Gasteiger partial charge in [-0.1, -0.05) is 11.6 Å². The van der Waals surface area contributed by atoms with Gasteiger partial charge in [-0.2, -0.15) is 17.5 Å². The highest BCUT2D eigenvalue weighted by Crippen LogP contribution is 2.30. The van der Waals surface area contributed by atoms with Gasteiger partial charge in [0.1, 0.15) is 11.9 Å². The van der Waals surface area contributed by atoms with E-state index >= 15 is 0 Å². The molecule has 36 heavy (non-hydrogen) atoms. The van der Waals surface area contributed by atoms with Gasteiger partial charge >= 0.3 is 6.18 Å². The number of nitrogens with zero attached hydrogens (tertiary/aromatic N) is 4. The number of nitrogens with one attached hydrogen (secondary N) is 1. The Kier molecular flexibility index (Phi) is 7.25. The van der Waals surface area contributed by atoms with E-state index in [0.717, 1.165) is 41.0 Å². The Labute approximate surface area is 208 Å². The molecular formula is C22H18ClF4N5O3S. The second-order valence-corrected chi connectivity index (χ2v) is 10.2. The number of benzene rings is 1. The third kappa shape index (κ3) is 5.47. The van der Waals surface area contributed by atoms with Crippen LogP contribution in [0.5, 0.6) is 0 Å². The number of sulfonamides is 1. The summed E-state index contributed by atoms with van der Waals surface area (Å²) in [6.07, 6.45) is -0.679. The van der Waals surface area contributed by atoms with Crippen LogP contribution < -0.4 is 5.32 Å². The van der Waals surface area contributed by atoms with Crippen molar-refractivity contribution in [3.63, 3.8) is 0 Å². The lowest BCUT2D eigenvalue weighted by Crippen LogP contribution is -2.45. The van der Waals surface area contributed by atoms with Gasteiger partial charge in [0.2, 0.25) is 21.8 Å². The van der Waals surface area contributed by atoms with Crippen molar-refractivity contribution in [3.8, 4) is 11.1 Å². The van der Waals surface area contributed by atoms with E-state index in [-0.39, 0.29) is 28.6 Å². The lowest BCUT2D eigenvalue weighted by molar-refractivity contribution is -0.145. The molecule has 1 N–H and O–H groups in total. The quantitative estimate of drug-likeness (QED) is 0.474. The van der Waals surface area contributed by atoms with Crippen LogP contribution in [0.25, 0.3) is 11.1 Å². The van der Waals surface area contributed by atoms with Crippen molar-refractivity contribution in [1.29, 1.82) is 0 Å². The van der Waals surface area contributed by atoms with Gasteiger partial charge in [-0.25, -0.2) is 22.8 Å². The highest BCUT2D eigenvalue weighted by molar-refractivity contribution is 7.89. The molecule has 4 rings (SSSR count). The molecule has 1 aromatic carbocycles. The van der Waals surface area contributed by atoms with Gasteiger partial charge < -0.3 is 5.32 Å². The Morgan fingerprint density at radius 1 is 1.11 bits per heavy atom. The molecule has 2 aromatic heterocycles. The minimum absolute atomic E-state index is 0.0918. The van der Waals surface area contributed by atoms with E-state index in [2.05, 4.69) is 20.3 Å². The first kappa shape index (κ1) is 25.9. The first-order chi connectivity index (χ1) is 17.0. The maximum absolute atomic E-state index is 13.2. The lowest BCUT2D eigenvalue weighted by Gasteiger charge is -2.23. The zero-order chi connectivity index (χ0) is 26.1. The average molecular weight is 544 g/mol. The summed E-state index contributed by atoms with van der Waals surface area (Å²) < 4.78 is 78.4. The summed E-state index contributed by atoms with van der Waals surface area (Å²) in [6, 6.07) is 4.85. The first-order valence-corrected chi connectivity index (χ1v) is 12.4. The van der Waals surface area contributed by atoms with Gasteiger partial charge in [-0.3, -0.25) is 9.78 Å². The zero-order valence-corrected chi connectivity index (χ0v) is 19.9. The van der Waals surface area contributed by atoms with E-state index in [1.165, 1.54) is 12.3 Å². The normalized spacial score (nSPS) is 16.8. The molecule has 190 valence electrons. The molecule has 1 atom stereocenters. The summed E-state index contributed by atoms with van der Waals surface area (Å²) in [7, 11) is -4.02. The molecule has 0 bridgehead atoms. The fourth-order valence-corrected chi connectivity index (χ4v) is 5.61. The average Bonchev–Trinajstić information content (AvgIpc) is 3.34. The minimum Gasteiger partial charge on any atom is -0.349 e. The van der Waals surface area contributed by atoms with Crippen molar-refractivity contribution < 1.29 is 30.8 Å². The van der Waals surface area contributed by atoms with E-state index in [9.17, 15) is 30.8 Å². The van der Waals surface area contributed by atoms with Crippen LogP contribution in [0.1, 0.15) is 24.4 Å². The lowest BCUT2D eigenvalue weighted by atomic mass is 10.1. The zero-order valence-electron chi connectivity index (χ0n) is 18.3. The van der Waals surface area contributed by atoms with Gasteiger partial charge in [0.25, 0.3) is 0 Å². The number of alkyl halides is 3.